The van der Waals surface area contributed by atoms with Crippen molar-refractivity contribution in [3.63, 3.8) is 0 Å². The zero-order chi connectivity index (χ0) is 21.7. The first-order chi connectivity index (χ1) is 15.1. The highest BCUT2D eigenvalue weighted by atomic mass is 32.2. The van der Waals surface area contributed by atoms with Crippen molar-refractivity contribution in [1.82, 2.24) is 24.9 Å². The monoisotopic (exact) mass is 435 g/mol. The molecule has 31 heavy (non-hydrogen) atoms. The zero-order valence-electron chi connectivity index (χ0n) is 16.8. The van der Waals surface area contributed by atoms with Crippen LogP contribution >= 0.6 is 0 Å². The van der Waals surface area contributed by atoms with E-state index in [1.54, 1.807) is 19.1 Å². The van der Waals surface area contributed by atoms with E-state index in [2.05, 4.69) is 20.2 Å². The second-order valence-corrected chi connectivity index (χ2v) is 8.38. The van der Waals surface area contributed by atoms with Crippen LogP contribution in [-0.4, -0.2) is 35.2 Å². The van der Waals surface area contributed by atoms with Crippen LogP contribution in [0.15, 0.2) is 90.1 Å². The summed E-state index contributed by atoms with van der Waals surface area (Å²) < 4.78 is 37.0. The number of nitrogens with zero attached hydrogens (tertiary/aromatic N) is 4. The Morgan fingerprint density at radius 3 is 2.16 bits per heavy atom. The maximum atomic E-state index is 13.6. The topological polar surface area (TPSA) is 99.0 Å². The molecule has 0 bridgehead atoms. The van der Waals surface area contributed by atoms with E-state index in [4.69, 9.17) is 4.74 Å². The van der Waals surface area contributed by atoms with Crippen molar-refractivity contribution >= 4 is 10.0 Å². The first-order valence-electron chi connectivity index (χ1n) is 9.71. The molecule has 0 fully saturated rings. The molecule has 0 aliphatic rings. The minimum Gasteiger partial charge on any atom is -0.492 e. The Morgan fingerprint density at radius 2 is 1.61 bits per heavy atom. The van der Waals surface area contributed by atoms with Gasteiger partial charge in [-0.1, -0.05) is 60.7 Å². The summed E-state index contributed by atoms with van der Waals surface area (Å²) >= 11 is 0. The quantitative estimate of drug-likeness (QED) is 0.457. The predicted molar refractivity (Wildman–Crippen MR) is 115 cm³/mol. The highest BCUT2D eigenvalue weighted by molar-refractivity contribution is 7.89. The van der Waals surface area contributed by atoms with Crippen LogP contribution in [0.1, 0.15) is 24.1 Å². The van der Waals surface area contributed by atoms with Crippen molar-refractivity contribution in [2.24, 2.45) is 0 Å². The summed E-state index contributed by atoms with van der Waals surface area (Å²) in [5, 5.41) is 11.1. The summed E-state index contributed by atoms with van der Waals surface area (Å²) in [6.45, 7) is 2.13. The smallest absolute Gasteiger partial charge is 0.245 e. The highest BCUT2D eigenvalue weighted by Crippen LogP contribution is 2.30. The van der Waals surface area contributed by atoms with Gasteiger partial charge in [0.05, 0.1) is 18.3 Å². The molecule has 4 aromatic rings. The fraction of sp³-hybridized carbons (Fsp3) is 0.136. The molecule has 1 aromatic heterocycles. The summed E-state index contributed by atoms with van der Waals surface area (Å²) in [6, 6.07) is 23.1. The molecule has 158 valence electrons. The van der Waals surface area contributed by atoms with E-state index >= 15 is 0 Å². The number of hydrogen-bond acceptors (Lipinski definition) is 6. The largest absolute Gasteiger partial charge is 0.492 e. The van der Waals surface area contributed by atoms with E-state index in [0.29, 0.717) is 12.3 Å². The van der Waals surface area contributed by atoms with Crippen LogP contribution < -0.4 is 9.46 Å². The number of tetrazole rings is 1. The van der Waals surface area contributed by atoms with Crippen molar-refractivity contribution < 1.29 is 13.2 Å². The number of benzene rings is 3. The molecule has 3 aromatic carbocycles. The van der Waals surface area contributed by atoms with E-state index in [1.165, 1.54) is 17.1 Å². The molecule has 0 unspecified atom stereocenters. The molecular formula is C22H21N5O3S. The van der Waals surface area contributed by atoms with Crippen LogP contribution in [0, 0.1) is 0 Å². The maximum Gasteiger partial charge on any atom is 0.245 e. The summed E-state index contributed by atoms with van der Waals surface area (Å²) in [4.78, 5) is 0.0132. The molecule has 0 saturated heterocycles. The van der Waals surface area contributed by atoms with Crippen LogP contribution in [0.25, 0.3) is 5.69 Å². The Bertz CT molecular complexity index is 1190. The predicted octanol–water partition coefficient (Wildman–Crippen LogP) is 3.13. The number of sulfonamides is 1. The standard InChI is InChI=1S/C22H21N5O3S/c1-2-30-20-14-13-19(27-16-23-25-26-27)15-21(20)31(28,29)24-22(17-9-5-3-6-10-17)18-11-7-4-8-12-18/h3-16,22,24H,2H2,1H3. The Hall–Kier alpha value is -3.56. The first-order valence-corrected chi connectivity index (χ1v) is 11.2. The number of ether oxygens (including phenoxy) is 1. The molecule has 0 aliphatic heterocycles. The lowest BCUT2D eigenvalue weighted by Crippen LogP contribution is -2.30. The minimum atomic E-state index is -3.98. The molecule has 9 heteroatoms. The molecule has 0 saturated carbocycles. The van der Waals surface area contributed by atoms with Gasteiger partial charge < -0.3 is 4.74 Å². The van der Waals surface area contributed by atoms with Gasteiger partial charge in [0.1, 0.15) is 17.0 Å². The van der Waals surface area contributed by atoms with Gasteiger partial charge in [-0.3, -0.25) is 0 Å². The molecule has 1 N–H and O–H groups in total. The van der Waals surface area contributed by atoms with Crippen LogP contribution in [0.3, 0.4) is 0 Å². The second kappa shape index (κ2) is 9.07. The van der Waals surface area contributed by atoms with E-state index in [-0.39, 0.29) is 10.6 Å². The molecule has 0 aliphatic carbocycles. The van der Waals surface area contributed by atoms with Gasteiger partial charge in [0, 0.05) is 0 Å². The van der Waals surface area contributed by atoms with E-state index in [9.17, 15) is 8.42 Å². The number of aromatic nitrogens is 4. The third kappa shape index (κ3) is 4.62. The fourth-order valence-corrected chi connectivity index (χ4v) is 4.62. The van der Waals surface area contributed by atoms with Crippen molar-refractivity contribution in [2.75, 3.05) is 6.61 Å². The SMILES string of the molecule is CCOc1ccc(-n2cnnn2)cc1S(=O)(=O)NC(c1ccccc1)c1ccccc1. The lowest BCUT2D eigenvalue weighted by Gasteiger charge is -2.21. The Morgan fingerprint density at radius 1 is 0.968 bits per heavy atom. The molecule has 4 rings (SSSR count). The number of rotatable bonds is 8. The summed E-state index contributed by atoms with van der Waals surface area (Å²) in [6.07, 6.45) is 1.40. The summed E-state index contributed by atoms with van der Waals surface area (Å²) in [5.41, 5.74) is 2.16. The maximum absolute atomic E-state index is 13.6. The third-order valence-electron chi connectivity index (χ3n) is 4.67. The normalized spacial score (nSPS) is 11.5. The van der Waals surface area contributed by atoms with Crippen molar-refractivity contribution in [1.29, 1.82) is 0 Å². The Kier molecular flexibility index (Phi) is 6.06. The van der Waals surface area contributed by atoms with Crippen LogP contribution in [0.2, 0.25) is 0 Å². The third-order valence-corrected chi connectivity index (χ3v) is 6.11. The Balaban J connectivity index is 1.78. The van der Waals surface area contributed by atoms with Gasteiger partial charge in [-0.05, 0) is 46.7 Å². The van der Waals surface area contributed by atoms with Gasteiger partial charge >= 0.3 is 0 Å². The van der Waals surface area contributed by atoms with E-state index in [0.717, 1.165) is 11.1 Å². The van der Waals surface area contributed by atoms with Gasteiger partial charge in [-0.15, -0.1) is 5.10 Å². The first kappa shape index (κ1) is 20.7. The molecular weight excluding hydrogens is 414 g/mol. The average Bonchev–Trinajstić information content (AvgIpc) is 3.34. The van der Waals surface area contributed by atoms with E-state index in [1.807, 2.05) is 60.7 Å². The molecule has 0 amide bonds. The lowest BCUT2D eigenvalue weighted by atomic mass is 10.00. The second-order valence-electron chi connectivity index (χ2n) is 6.69. The zero-order valence-corrected chi connectivity index (χ0v) is 17.6. The minimum absolute atomic E-state index is 0.0132. The summed E-state index contributed by atoms with van der Waals surface area (Å²) in [5.74, 6) is 0.256. The van der Waals surface area contributed by atoms with Gasteiger partial charge in [-0.25, -0.2) is 13.1 Å². The average molecular weight is 436 g/mol. The van der Waals surface area contributed by atoms with Crippen LogP contribution in [-0.2, 0) is 10.0 Å². The van der Waals surface area contributed by atoms with Crippen LogP contribution in [0.4, 0.5) is 0 Å². The molecule has 0 atom stereocenters. The highest BCUT2D eigenvalue weighted by Gasteiger charge is 2.26. The molecule has 0 radical (unpaired) electrons. The molecule has 1 heterocycles. The van der Waals surface area contributed by atoms with Gasteiger partial charge in [0.2, 0.25) is 10.0 Å². The molecule has 0 spiro atoms. The van der Waals surface area contributed by atoms with Gasteiger partial charge in [0.25, 0.3) is 0 Å². The van der Waals surface area contributed by atoms with Crippen molar-refractivity contribution in [3.8, 4) is 11.4 Å². The lowest BCUT2D eigenvalue weighted by molar-refractivity contribution is 0.331. The van der Waals surface area contributed by atoms with Crippen molar-refractivity contribution in [2.45, 2.75) is 17.9 Å². The number of nitrogens with one attached hydrogen (secondary N) is 1. The van der Waals surface area contributed by atoms with Gasteiger partial charge in [-0.2, -0.15) is 4.72 Å². The number of hydrogen-bond donors (Lipinski definition) is 1. The molecule has 8 nitrogen and oxygen atoms in total. The van der Waals surface area contributed by atoms with Crippen LogP contribution in [0.5, 0.6) is 5.75 Å². The summed E-state index contributed by atoms with van der Waals surface area (Å²) in [7, 11) is -3.98. The fourth-order valence-electron chi connectivity index (χ4n) is 3.24. The van der Waals surface area contributed by atoms with Crippen molar-refractivity contribution in [3.05, 3.63) is 96.3 Å². The van der Waals surface area contributed by atoms with E-state index < -0.39 is 16.1 Å². The Labute approximate surface area is 180 Å². The van der Waals surface area contributed by atoms with Gasteiger partial charge in [0.15, 0.2) is 0 Å².